The fourth-order valence-corrected chi connectivity index (χ4v) is 6.93. The molecule has 4 heteroatoms. The van der Waals surface area contributed by atoms with Gasteiger partial charge >= 0.3 is 0 Å². The summed E-state index contributed by atoms with van der Waals surface area (Å²) in [4.78, 5) is 0. The summed E-state index contributed by atoms with van der Waals surface area (Å²) in [6, 6.07) is 51.7. The molecular formula is C52H40N4+4. The highest BCUT2D eigenvalue weighted by molar-refractivity contribution is 5.61. The van der Waals surface area contributed by atoms with Crippen LogP contribution in [-0.2, 0) is 26.2 Å². The van der Waals surface area contributed by atoms with Gasteiger partial charge in [0.25, 0.3) is 0 Å². The SMILES string of the molecule is C1#Cc2ccc(cc2)C[n+]2ccc(cc2)-c2cc[n+](cc2)Cc2ccc(cc2)C#Cc2ccc(cc2)C[n+]2ccc(cc2)-c2cc[n+](cc2)Cc2ccc1cc2. The zero-order valence-electron chi connectivity index (χ0n) is 31.1. The van der Waals surface area contributed by atoms with E-state index in [-0.39, 0.29) is 0 Å². The lowest BCUT2D eigenvalue weighted by Crippen LogP contribution is -2.33. The molecule has 0 fully saturated rings. The van der Waals surface area contributed by atoms with Gasteiger partial charge in [-0.25, -0.2) is 18.3 Å². The van der Waals surface area contributed by atoms with E-state index < -0.39 is 0 Å². The van der Waals surface area contributed by atoms with Crippen molar-refractivity contribution in [3.05, 3.63) is 240 Å². The van der Waals surface area contributed by atoms with Crippen LogP contribution in [0.25, 0.3) is 22.3 Å². The van der Waals surface area contributed by atoms with Crippen molar-refractivity contribution in [2.24, 2.45) is 0 Å². The molecule has 13 aliphatic heterocycles. The van der Waals surface area contributed by atoms with Gasteiger partial charge < -0.3 is 0 Å². The van der Waals surface area contributed by atoms with E-state index in [4.69, 9.17) is 0 Å². The summed E-state index contributed by atoms with van der Waals surface area (Å²) in [5, 5.41) is 0. The quantitative estimate of drug-likeness (QED) is 0.114. The molecular weight excluding hydrogens is 681 g/mol. The van der Waals surface area contributed by atoms with Crippen LogP contribution >= 0.6 is 0 Å². The van der Waals surface area contributed by atoms with Crippen molar-refractivity contribution in [3.8, 4) is 45.9 Å². The van der Waals surface area contributed by atoms with Gasteiger partial charge in [-0.2, -0.15) is 0 Å². The Hall–Kier alpha value is -7.40. The minimum Gasteiger partial charge on any atom is -0.201 e. The van der Waals surface area contributed by atoms with Gasteiger partial charge in [-0.05, 0) is 70.8 Å². The van der Waals surface area contributed by atoms with E-state index >= 15 is 0 Å². The molecule has 0 aliphatic carbocycles. The van der Waals surface area contributed by atoms with Crippen LogP contribution in [0.5, 0.6) is 0 Å². The summed E-state index contributed by atoms with van der Waals surface area (Å²) >= 11 is 0. The monoisotopic (exact) mass is 720 g/mol. The topological polar surface area (TPSA) is 15.5 Å². The van der Waals surface area contributed by atoms with Crippen LogP contribution in [0.2, 0.25) is 0 Å². The number of benzene rings is 4. The number of hydrogen-bond acceptors (Lipinski definition) is 0. The first-order valence-electron chi connectivity index (χ1n) is 19.0. The molecule has 264 valence electrons. The smallest absolute Gasteiger partial charge is 0.173 e. The van der Waals surface area contributed by atoms with Crippen molar-refractivity contribution in [1.29, 1.82) is 0 Å². The molecule has 0 atom stereocenters. The molecule has 17 heterocycles. The molecule has 0 unspecified atom stereocenters. The summed E-state index contributed by atoms with van der Waals surface area (Å²) in [5.74, 6) is 13.4. The van der Waals surface area contributed by atoms with Gasteiger partial charge in [0.2, 0.25) is 0 Å². The molecule has 0 spiro atoms. The average Bonchev–Trinajstić information content (AvgIpc) is 3.25. The van der Waals surface area contributed by atoms with Crippen molar-refractivity contribution in [3.63, 3.8) is 0 Å². The highest BCUT2D eigenvalue weighted by atomic mass is 14.9. The lowest BCUT2D eigenvalue weighted by molar-refractivity contribution is -0.688. The van der Waals surface area contributed by atoms with Crippen LogP contribution in [0.4, 0.5) is 0 Å². The van der Waals surface area contributed by atoms with Crippen molar-refractivity contribution in [2.75, 3.05) is 0 Å². The minimum absolute atomic E-state index is 0.800. The Bertz CT molecular complexity index is 2320. The van der Waals surface area contributed by atoms with Gasteiger partial charge in [0.05, 0.1) is 0 Å². The Morgan fingerprint density at radius 2 is 0.411 bits per heavy atom. The van der Waals surface area contributed by atoms with E-state index in [9.17, 15) is 0 Å². The summed E-state index contributed by atoms with van der Waals surface area (Å²) in [6.07, 6.45) is 17.2. The number of hydrogen-bond donors (Lipinski definition) is 0. The zero-order chi connectivity index (χ0) is 37.5. The first-order valence-corrected chi connectivity index (χ1v) is 19.0. The average molecular weight is 721 g/mol. The molecule has 4 aromatic carbocycles. The minimum atomic E-state index is 0.800. The second kappa shape index (κ2) is 15.9. The molecule has 16 bridgehead atoms. The second-order valence-corrected chi connectivity index (χ2v) is 14.3. The molecule has 0 radical (unpaired) electrons. The summed E-state index contributed by atoms with van der Waals surface area (Å²) < 4.78 is 8.84. The predicted molar refractivity (Wildman–Crippen MR) is 219 cm³/mol. The highest BCUT2D eigenvalue weighted by Gasteiger charge is 2.10. The maximum Gasteiger partial charge on any atom is 0.173 e. The summed E-state index contributed by atoms with van der Waals surface area (Å²) in [5.41, 5.74) is 13.8. The third kappa shape index (κ3) is 8.53. The van der Waals surface area contributed by atoms with Gasteiger partial charge in [-0.15, -0.1) is 0 Å². The lowest BCUT2D eigenvalue weighted by Gasteiger charge is -2.03. The molecule has 0 N–H and O–H groups in total. The van der Waals surface area contributed by atoms with E-state index in [0.29, 0.717) is 0 Å². The molecule has 56 heavy (non-hydrogen) atoms. The second-order valence-electron chi connectivity index (χ2n) is 14.3. The van der Waals surface area contributed by atoms with Crippen molar-refractivity contribution in [1.82, 2.24) is 0 Å². The largest absolute Gasteiger partial charge is 0.201 e. The fraction of sp³-hybridized carbons (Fsp3) is 0.0769. The van der Waals surface area contributed by atoms with Crippen LogP contribution in [0, 0.1) is 23.7 Å². The fourth-order valence-electron chi connectivity index (χ4n) is 6.93. The first kappa shape index (κ1) is 34.4. The third-order valence-electron chi connectivity index (χ3n) is 10.2. The summed E-state index contributed by atoms with van der Waals surface area (Å²) in [7, 11) is 0. The standard InChI is InChI=1S/C52H40N4/c1-2-42-7-15-46(16-8-42)38-54-31-23-50(24-32-54)52-27-35-56(36-28-52)40-48-19-11-44(12-20-48)4-3-43-9-17-47(18-10-43)39-55-33-25-51(26-34-55)49-21-29-53(30-22-49)37-45-13-5-41(1)6-14-45/h5-36H,37-40H2/q+4. The lowest BCUT2D eigenvalue weighted by atomic mass is 10.1. The third-order valence-corrected chi connectivity index (χ3v) is 10.2. The number of rotatable bonds is 0. The van der Waals surface area contributed by atoms with Gasteiger partial charge in [0, 0.05) is 93.0 Å². The van der Waals surface area contributed by atoms with Crippen molar-refractivity contribution in [2.45, 2.75) is 26.2 Å². The summed E-state index contributed by atoms with van der Waals surface area (Å²) in [6.45, 7) is 3.20. The molecule has 0 amide bonds. The van der Waals surface area contributed by atoms with Crippen LogP contribution in [0.1, 0.15) is 44.5 Å². The van der Waals surface area contributed by atoms with Crippen LogP contribution in [-0.4, -0.2) is 0 Å². The molecule has 13 aliphatic rings. The predicted octanol–water partition coefficient (Wildman–Crippen LogP) is 7.48. The van der Waals surface area contributed by atoms with Crippen molar-refractivity contribution < 1.29 is 18.3 Å². The van der Waals surface area contributed by atoms with E-state index in [1.807, 2.05) is 0 Å². The van der Waals surface area contributed by atoms with E-state index in [0.717, 1.165) is 48.4 Å². The van der Waals surface area contributed by atoms with Crippen molar-refractivity contribution >= 4 is 0 Å². The Labute approximate surface area is 328 Å². The Balaban J connectivity index is 0.951. The van der Waals surface area contributed by atoms with Gasteiger partial charge in [-0.3, -0.25) is 0 Å². The molecule has 4 nitrogen and oxygen atoms in total. The Morgan fingerprint density at radius 3 is 0.589 bits per heavy atom. The number of aromatic nitrogens is 4. The van der Waals surface area contributed by atoms with Gasteiger partial charge in [0.1, 0.15) is 0 Å². The molecule has 0 saturated heterocycles. The Kier molecular flexibility index (Phi) is 9.77. The van der Waals surface area contributed by atoms with E-state index in [1.165, 1.54) is 44.5 Å². The Morgan fingerprint density at radius 1 is 0.232 bits per heavy atom. The van der Waals surface area contributed by atoms with E-state index in [1.54, 1.807) is 0 Å². The van der Waals surface area contributed by atoms with Crippen LogP contribution in [0.15, 0.2) is 195 Å². The molecule has 0 saturated carbocycles. The van der Waals surface area contributed by atoms with Crippen LogP contribution in [0.3, 0.4) is 0 Å². The molecule has 4 aromatic heterocycles. The number of nitrogens with zero attached hydrogens (tertiary/aromatic N) is 4. The van der Waals surface area contributed by atoms with Gasteiger partial charge in [-0.1, -0.05) is 72.2 Å². The molecule has 21 rings (SSSR count). The highest BCUT2D eigenvalue weighted by Crippen LogP contribution is 2.18. The maximum atomic E-state index is 3.34. The zero-order valence-corrected chi connectivity index (χ0v) is 31.1. The maximum absolute atomic E-state index is 3.34. The first-order chi connectivity index (χ1) is 27.6. The molecule has 8 aromatic rings. The van der Waals surface area contributed by atoms with Crippen LogP contribution < -0.4 is 18.3 Å². The normalized spacial score (nSPS) is 12.0. The number of pyridine rings is 4. The van der Waals surface area contributed by atoms with Gasteiger partial charge in [0.15, 0.2) is 75.8 Å². The van der Waals surface area contributed by atoms with E-state index in [2.05, 4.69) is 237 Å².